The predicted octanol–water partition coefficient (Wildman–Crippen LogP) is 3.93. The summed E-state index contributed by atoms with van der Waals surface area (Å²) in [5.74, 6) is 0.914. The lowest BCUT2D eigenvalue weighted by molar-refractivity contribution is 0.102. The molecule has 2 rings (SSSR count). The Morgan fingerprint density at radius 2 is 2.00 bits per heavy atom. The fraction of sp³-hybridized carbons (Fsp3) is 0.412. The molecule has 5 heteroatoms. The van der Waals surface area contributed by atoms with E-state index in [4.69, 9.17) is 9.26 Å². The van der Waals surface area contributed by atoms with E-state index in [1.807, 2.05) is 52.0 Å². The number of hydrogen-bond donors (Lipinski definition) is 1. The topological polar surface area (TPSA) is 64.4 Å². The van der Waals surface area contributed by atoms with E-state index in [1.165, 1.54) is 0 Å². The van der Waals surface area contributed by atoms with Crippen LogP contribution in [0.2, 0.25) is 0 Å². The molecule has 22 heavy (non-hydrogen) atoms. The average molecular weight is 302 g/mol. The van der Waals surface area contributed by atoms with Gasteiger partial charge in [0, 0.05) is 5.41 Å². The van der Waals surface area contributed by atoms with Crippen molar-refractivity contribution in [1.29, 1.82) is 0 Å². The molecule has 5 nitrogen and oxygen atoms in total. The highest BCUT2D eigenvalue weighted by atomic mass is 16.5. The van der Waals surface area contributed by atoms with Crippen LogP contribution in [0.1, 0.15) is 49.5 Å². The Kier molecular flexibility index (Phi) is 4.54. The normalized spacial score (nSPS) is 11.3. The molecule has 0 aliphatic heterocycles. The molecule has 0 radical (unpaired) electrons. The van der Waals surface area contributed by atoms with Gasteiger partial charge in [0.1, 0.15) is 22.8 Å². The van der Waals surface area contributed by atoms with Crippen LogP contribution in [0, 0.1) is 6.92 Å². The van der Waals surface area contributed by atoms with Crippen molar-refractivity contribution in [2.24, 2.45) is 0 Å². The summed E-state index contributed by atoms with van der Waals surface area (Å²) in [5.41, 5.74) is 1.49. The molecule has 1 aromatic carbocycles. The number of nitrogens with zero attached hydrogens (tertiary/aromatic N) is 1. The van der Waals surface area contributed by atoms with Crippen LogP contribution in [0.15, 0.2) is 28.8 Å². The first-order valence-electron chi connectivity index (χ1n) is 7.34. The van der Waals surface area contributed by atoms with E-state index in [0.29, 0.717) is 35.1 Å². The van der Waals surface area contributed by atoms with Crippen molar-refractivity contribution in [1.82, 2.24) is 5.16 Å². The van der Waals surface area contributed by atoms with Crippen molar-refractivity contribution in [3.8, 4) is 5.75 Å². The summed E-state index contributed by atoms with van der Waals surface area (Å²) in [7, 11) is 0. The molecular formula is C17H22N2O3. The molecule has 0 aliphatic rings. The molecule has 0 bridgehead atoms. The summed E-state index contributed by atoms with van der Waals surface area (Å²) in [5, 5.41) is 6.93. The second-order valence-electron chi connectivity index (χ2n) is 6.10. The van der Waals surface area contributed by atoms with Crippen molar-refractivity contribution in [3.05, 3.63) is 41.3 Å². The molecule has 0 spiro atoms. The second-order valence-corrected chi connectivity index (χ2v) is 6.10. The molecule has 1 heterocycles. The Hall–Kier alpha value is -2.30. The molecule has 0 atom stereocenters. The maximum absolute atomic E-state index is 12.7. The molecule has 0 saturated heterocycles. The summed E-state index contributed by atoms with van der Waals surface area (Å²) in [6, 6.07) is 7.35. The van der Waals surface area contributed by atoms with Crippen LogP contribution in [-0.2, 0) is 5.41 Å². The van der Waals surface area contributed by atoms with E-state index in [1.54, 1.807) is 6.92 Å². The lowest BCUT2D eigenvalue weighted by Crippen LogP contribution is -2.21. The number of aromatic nitrogens is 1. The van der Waals surface area contributed by atoms with Crippen LogP contribution in [0.5, 0.6) is 5.75 Å². The van der Waals surface area contributed by atoms with Gasteiger partial charge in [0.2, 0.25) is 0 Å². The van der Waals surface area contributed by atoms with Gasteiger partial charge in [-0.1, -0.05) is 38.1 Å². The Balaban J connectivity index is 2.33. The van der Waals surface area contributed by atoms with Crippen LogP contribution in [0.3, 0.4) is 0 Å². The molecular weight excluding hydrogens is 280 g/mol. The van der Waals surface area contributed by atoms with Gasteiger partial charge in [0.05, 0.1) is 12.3 Å². The number of rotatable bonds is 4. The van der Waals surface area contributed by atoms with Gasteiger partial charge < -0.3 is 14.6 Å². The van der Waals surface area contributed by atoms with Crippen molar-refractivity contribution in [2.75, 3.05) is 11.9 Å². The minimum absolute atomic E-state index is 0.240. The van der Waals surface area contributed by atoms with E-state index in [2.05, 4.69) is 10.5 Å². The zero-order valence-corrected chi connectivity index (χ0v) is 13.7. The van der Waals surface area contributed by atoms with Gasteiger partial charge in [-0.15, -0.1) is 0 Å². The number of amides is 1. The lowest BCUT2D eigenvalue weighted by Gasteiger charge is -2.17. The number of ether oxygens (including phenoxy) is 1. The third-order valence-electron chi connectivity index (χ3n) is 3.24. The number of carbonyl (C=O) groups is 1. The lowest BCUT2D eigenvalue weighted by atomic mass is 9.88. The maximum Gasteiger partial charge on any atom is 0.261 e. The molecule has 0 saturated carbocycles. The first kappa shape index (κ1) is 16.1. The molecule has 1 aromatic heterocycles. The highest BCUT2D eigenvalue weighted by Gasteiger charge is 2.29. The molecule has 0 unspecified atom stereocenters. The molecule has 1 N–H and O–H groups in total. The number of hydrogen-bond acceptors (Lipinski definition) is 4. The van der Waals surface area contributed by atoms with Crippen LogP contribution in [0.4, 0.5) is 5.69 Å². The SMILES string of the molecule is CCOc1ccccc1NC(=O)c1c(C(C)(C)C)noc1C. The van der Waals surface area contributed by atoms with Crippen molar-refractivity contribution >= 4 is 11.6 Å². The third kappa shape index (κ3) is 3.30. The maximum atomic E-state index is 12.7. The molecule has 1 amide bonds. The first-order valence-corrected chi connectivity index (χ1v) is 7.34. The van der Waals surface area contributed by atoms with E-state index >= 15 is 0 Å². The summed E-state index contributed by atoms with van der Waals surface area (Å²) in [6.45, 7) is 10.2. The summed E-state index contributed by atoms with van der Waals surface area (Å²) >= 11 is 0. The number of carbonyl (C=O) groups excluding carboxylic acids is 1. The van der Waals surface area contributed by atoms with E-state index < -0.39 is 0 Å². The van der Waals surface area contributed by atoms with Gasteiger partial charge in [-0.25, -0.2) is 0 Å². The largest absolute Gasteiger partial charge is 0.492 e. The number of anilines is 1. The average Bonchev–Trinajstić information content (AvgIpc) is 2.83. The quantitative estimate of drug-likeness (QED) is 0.929. The van der Waals surface area contributed by atoms with Crippen LogP contribution >= 0.6 is 0 Å². The summed E-state index contributed by atoms with van der Waals surface area (Å²) < 4.78 is 10.7. The van der Waals surface area contributed by atoms with Gasteiger partial charge in [0.15, 0.2) is 0 Å². The van der Waals surface area contributed by atoms with Crippen molar-refractivity contribution in [2.45, 2.75) is 40.0 Å². The zero-order chi connectivity index (χ0) is 16.3. The monoisotopic (exact) mass is 302 g/mol. The van der Waals surface area contributed by atoms with Crippen molar-refractivity contribution in [3.63, 3.8) is 0 Å². The van der Waals surface area contributed by atoms with Gasteiger partial charge in [0.25, 0.3) is 5.91 Å². The van der Waals surface area contributed by atoms with Gasteiger partial charge in [-0.3, -0.25) is 4.79 Å². The first-order chi connectivity index (χ1) is 10.3. The van der Waals surface area contributed by atoms with Gasteiger partial charge in [-0.2, -0.15) is 0 Å². The highest BCUT2D eigenvalue weighted by Crippen LogP contribution is 2.29. The van der Waals surface area contributed by atoms with Crippen LogP contribution < -0.4 is 10.1 Å². The number of aryl methyl sites for hydroxylation is 1. The highest BCUT2D eigenvalue weighted by molar-refractivity contribution is 6.06. The van der Waals surface area contributed by atoms with Crippen LogP contribution in [-0.4, -0.2) is 17.7 Å². The van der Waals surface area contributed by atoms with E-state index in [0.717, 1.165) is 0 Å². The summed E-state index contributed by atoms with van der Waals surface area (Å²) in [6.07, 6.45) is 0. The second kappa shape index (κ2) is 6.22. The number of para-hydroxylation sites is 2. The predicted molar refractivity (Wildman–Crippen MR) is 85.5 cm³/mol. The third-order valence-corrected chi connectivity index (χ3v) is 3.24. The Bertz CT molecular complexity index is 669. The van der Waals surface area contributed by atoms with Gasteiger partial charge >= 0.3 is 0 Å². The standard InChI is InChI=1S/C17H22N2O3/c1-6-21-13-10-8-7-9-12(13)18-16(20)14-11(2)22-19-15(14)17(3,4)5/h7-10H,6H2,1-5H3,(H,18,20). The Morgan fingerprint density at radius 1 is 1.32 bits per heavy atom. The minimum atomic E-state index is -0.274. The summed E-state index contributed by atoms with van der Waals surface area (Å²) in [4.78, 5) is 12.7. The van der Waals surface area contributed by atoms with E-state index in [9.17, 15) is 4.79 Å². The minimum Gasteiger partial charge on any atom is -0.492 e. The Morgan fingerprint density at radius 3 is 2.64 bits per heavy atom. The fourth-order valence-electron chi connectivity index (χ4n) is 2.19. The molecule has 2 aromatic rings. The molecule has 0 fully saturated rings. The van der Waals surface area contributed by atoms with Crippen molar-refractivity contribution < 1.29 is 14.1 Å². The Labute approximate surface area is 130 Å². The zero-order valence-electron chi connectivity index (χ0n) is 13.7. The fourth-order valence-corrected chi connectivity index (χ4v) is 2.19. The molecule has 118 valence electrons. The van der Waals surface area contributed by atoms with E-state index in [-0.39, 0.29) is 11.3 Å². The number of benzene rings is 1. The smallest absolute Gasteiger partial charge is 0.261 e. The van der Waals surface area contributed by atoms with Gasteiger partial charge in [-0.05, 0) is 26.0 Å². The number of nitrogens with one attached hydrogen (secondary N) is 1. The van der Waals surface area contributed by atoms with Crippen LogP contribution in [0.25, 0.3) is 0 Å². The molecule has 0 aliphatic carbocycles.